The molecule has 2 fully saturated rings. The third-order valence-corrected chi connectivity index (χ3v) is 7.02. The number of rotatable bonds is 3. The minimum Gasteiger partial charge on any atom is -0.368 e. The standard InChI is InChI=1S/C26H30F2N6O2/c1-19(35)30-10-5-11-32(15-12-30)26(36)33-16-13-31(14-17-33)21-7-4-6-20(18-21)24-29-22-8-2-3-9-23(22)34(24)25(27)28/h2-4,6-9,18,25H,5,10-17H2,1H3. The second-order valence-corrected chi connectivity index (χ2v) is 9.23. The van der Waals surface area contributed by atoms with Gasteiger partial charge in [0, 0.05) is 70.5 Å². The number of halogens is 2. The van der Waals surface area contributed by atoms with Crippen LogP contribution in [0.15, 0.2) is 48.5 Å². The number of benzene rings is 2. The molecule has 0 spiro atoms. The molecule has 0 radical (unpaired) electrons. The topological polar surface area (TPSA) is 64.9 Å². The molecule has 0 saturated carbocycles. The number of anilines is 1. The highest BCUT2D eigenvalue weighted by molar-refractivity contribution is 5.81. The number of carbonyl (C=O) groups is 2. The van der Waals surface area contributed by atoms with E-state index in [1.165, 1.54) is 0 Å². The Labute approximate surface area is 208 Å². The lowest BCUT2D eigenvalue weighted by Gasteiger charge is -2.38. The van der Waals surface area contributed by atoms with Crippen molar-refractivity contribution in [3.05, 3.63) is 48.5 Å². The van der Waals surface area contributed by atoms with Crippen LogP contribution >= 0.6 is 0 Å². The minimum atomic E-state index is -2.70. The van der Waals surface area contributed by atoms with Gasteiger partial charge in [-0.05, 0) is 30.7 Å². The van der Waals surface area contributed by atoms with Crippen LogP contribution in [0.5, 0.6) is 0 Å². The predicted molar refractivity (Wildman–Crippen MR) is 134 cm³/mol. The van der Waals surface area contributed by atoms with Crippen LogP contribution in [-0.4, -0.2) is 88.5 Å². The molecule has 3 aromatic rings. The average molecular weight is 497 g/mol. The highest BCUT2D eigenvalue weighted by atomic mass is 19.3. The van der Waals surface area contributed by atoms with Gasteiger partial charge in [0.25, 0.3) is 0 Å². The average Bonchev–Trinajstić information content (AvgIpc) is 3.11. The number of hydrogen-bond acceptors (Lipinski definition) is 4. The van der Waals surface area contributed by atoms with Crippen molar-refractivity contribution in [2.45, 2.75) is 19.9 Å². The first-order valence-corrected chi connectivity index (χ1v) is 12.3. The Bertz CT molecular complexity index is 1250. The summed E-state index contributed by atoms with van der Waals surface area (Å²) in [7, 11) is 0. The van der Waals surface area contributed by atoms with Gasteiger partial charge in [0.05, 0.1) is 11.0 Å². The Balaban J connectivity index is 1.27. The van der Waals surface area contributed by atoms with E-state index in [0.717, 1.165) is 16.7 Å². The van der Waals surface area contributed by atoms with Crippen molar-refractivity contribution in [3.63, 3.8) is 0 Å². The molecule has 10 heteroatoms. The molecule has 0 unspecified atom stereocenters. The normalized spacial score (nSPS) is 17.1. The van der Waals surface area contributed by atoms with E-state index in [2.05, 4.69) is 9.88 Å². The van der Waals surface area contributed by atoms with Gasteiger partial charge in [-0.25, -0.2) is 9.78 Å². The molecule has 0 bridgehead atoms. The van der Waals surface area contributed by atoms with Crippen molar-refractivity contribution in [1.82, 2.24) is 24.3 Å². The summed E-state index contributed by atoms with van der Waals surface area (Å²) in [5.74, 6) is 0.284. The number of urea groups is 1. The summed E-state index contributed by atoms with van der Waals surface area (Å²) in [5.41, 5.74) is 2.48. The van der Waals surface area contributed by atoms with Gasteiger partial charge in [0.1, 0.15) is 5.82 Å². The number of nitrogens with zero attached hydrogens (tertiary/aromatic N) is 6. The van der Waals surface area contributed by atoms with E-state index >= 15 is 0 Å². The van der Waals surface area contributed by atoms with Crippen LogP contribution in [0.4, 0.5) is 19.3 Å². The number of aromatic nitrogens is 2. The molecule has 190 valence electrons. The molecular weight excluding hydrogens is 466 g/mol. The van der Waals surface area contributed by atoms with Gasteiger partial charge < -0.3 is 19.6 Å². The number of fused-ring (bicyclic) bond motifs is 1. The summed E-state index contributed by atoms with van der Waals surface area (Å²) < 4.78 is 28.9. The molecule has 2 aliphatic heterocycles. The maximum Gasteiger partial charge on any atom is 0.320 e. The number of para-hydroxylation sites is 2. The Hall–Kier alpha value is -3.69. The zero-order valence-electron chi connectivity index (χ0n) is 20.3. The van der Waals surface area contributed by atoms with E-state index in [9.17, 15) is 18.4 Å². The SMILES string of the molecule is CC(=O)N1CCCN(C(=O)N2CCN(c3cccc(-c4nc5ccccc5n4C(F)F)c3)CC2)CC1. The highest BCUT2D eigenvalue weighted by Gasteiger charge is 2.28. The summed E-state index contributed by atoms with van der Waals surface area (Å²) in [5, 5.41) is 0. The van der Waals surface area contributed by atoms with E-state index in [1.54, 1.807) is 42.2 Å². The molecule has 1 aromatic heterocycles. The Morgan fingerprint density at radius 1 is 0.833 bits per heavy atom. The molecule has 2 aromatic carbocycles. The number of alkyl halides is 2. The lowest BCUT2D eigenvalue weighted by Crippen LogP contribution is -2.53. The summed E-state index contributed by atoms with van der Waals surface area (Å²) in [6, 6.07) is 14.4. The van der Waals surface area contributed by atoms with E-state index in [-0.39, 0.29) is 17.8 Å². The molecule has 3 amide bonds. The second-order valence-electron chi connectivity index (χ2n) is 9.23. The lowest BCUT2D eigenvalue weighted by atomic mass is 10.1. The quantitative estimate of drug-likeness (QED) is 0.552. The van der Waals surface area contributed by atoms with Crippen molar-refractivity contribution in [3.8, 4) is 11.4 Å². The van der Waals surface area contributed by atoms with Crippen molar-refractivity contribution < 1.29 is 18.4 Å². The van der Waals surface area contributed by atoms with E-state index in [4.69, 9.17) is 0 Å². The molecule has 3 heterocycles. The van der Waals surface area contributed by atoms with E-state index in [1.807, 2.05) is 28.0 Å². The van der Waals surface area contributed by atoms with Gasteiger partial charge in [-0.3, -0.25) is 9.36 Å². The first kappa shape index (κ1) is 24.0. The number of carbonyl (C=O) groups excluding carboxylic acids is 2. The smallest absolute Gasteiger partial charge is 0.320 e. The number of piperazine rings is 1. The van der Waals surface area contributed by atoms with Gasteiger partial charge in [0.15, 0.2) is 0 Å². The first-order chi connectivity index (χ1) is 17.4. The van der Waals surface area contributed by atoms with Crippen LogP contribution in [0.3, 0.4) is 0 Å². The van der Waals surface area contributed by atoms with Crippen molar-refractivity contribution in [2.24, 2.45) is 0 Å². The zero-order valence-corrected chi connectivity index (χ0v) is 20.3. The van der Waals surface area contributed by atoms with Gasteiger partial charge in [0.2, 0.25) is 5.91 Å². The third kappa shape index (κ3) is 4.72. The van der Waals surface area contributed by atoms with E-state index in [0.29, 0.717) is 69.0 Å². The van der Waals surface area contributed by atoms with Crippen LogP contribution in [0.25, 0.3) is 22.4 Å². The Morgan fingerprint density at radius 3 is 2.25 bits per heavy atom. The number of amides is 3. The molecule has 2 saturated heterocycles. The number of imidazole rings is 1. The van der Waals surface area contributed by atoms with Crippen molar-refractivity contribution in [1.29, 1.82) is 0 Å². The fraction of sp³-hybridized carbons (Fsp3) is 0.423. The molecule has 0 atom stereocenters. The molecule has 0 N–H and O–H groups in total. The highest BCUT2D eigenvalue weighted by Crippen LogP contribution is 2.32. The lowest BCUT2D eigenvalue weighted by molar-refractivity contribution is -0.128. The second kappa shape index (κ2) is 10.1. The maximum absolute atomic E-state index is 13.9. The Kier molecular flexibility index (Phi) is 6.75. The van der Waals surface area contributed by atoms with Gasteiger partial charge >= 0.3 is 12.6 Å². The molecule has 8 nitrogen and oxygen atoms in total. The maximum atomic E-state index is 13.9. The Morgan fingerprint density at radius 2 is 1.50 bits per heavy atom. The number of hydrogen-bond donors (Lipinski definition) is 0. The van der Waals surface area contributed by atoms with Crippen LogP contribution in [-0.2, 0) is 4.79 Å². The van der Waals surface area contributed by atoms with Gasteiger partial charge in [-0.15, -0.1) is 0 Å². The summed E-state index contributed by atoms with van der Waals surface area (Å²) in [6.07, 6.45) is 0.779. The molecule has 2 aliphatic rings. The van der Waals surface area contributed by atoms with E-state index < -0.39 is 6.55 Å². The van der Waals surface area contributed by atoms with Gasteiger partial charge in [-0.1, -0.05) is 24.3 Å². The van der Waals surface area contributed by atoms with Crippen LogP contribution in [0.2, 0.25) is 0 Å². The summed E-state index contributed by atoms with van der Waals surface area (Å²) in [6.45, 7) is 3.75. The first-order valence-electron chi connectivity index (χ1n) is 12.3. The monoisotopic (exact) mass is 496 g/mol. The third-order valence-electron chi connectivity index (χ3n) is 7.02. The van der Waals surface area contributed by atoms with Crippen molar-refractivity contribution in [2.75, 3.05) is 57.3 Å². The zero-order chi connectivity index (χ0) is 25.2. The largest absolute Gasteiger partial charge is 0.368 e. The van der Waals surface area contributed by atoms with Crippen LogP contribution in [0, 0.1) is 0 Å². The van der Waals surface area contributed by atoms with Crippen LogP contribution < -0.4 is 4.90 Å². The molecular formula is C26H30F2N6O2. The summed E-state index contributed by atoms with van der Waals surface area (Å²) in [4.78, 5) is 36.9. The van der Waals surface area contributed by atoms with Gasteiger partial charge in [-0.2, -0.15) is 8.78 Å². The minimum absolute atomic E-state index is 0.0134. The van der Waals surface area contributed by atoms with Crippen molar-refractivity contribution >= 4 is 28.7 Å². The fourth-order valence-electron chi connectivity index (χ4n) is 5.07. The van der Waals surface area contributed by atoms with Crippen LogP contribution in [0.1, 0.15) is 19.9 Å². The summed E-state index contributed by atoms with van der Waals surface area (Å²) >= 11 is 0. The molecule has 5 rings (SSSR count). The molecule has 0 aliphatic carbocycles. The fourth-order valence-corrected chi connectivity index (χ4v) is 5.07. The predicted octanol–water partition coefficient (Wildman–Crippen LogP) is 3.89. The molecule has 36 heavy (non-hydrogen) atoms.